The van der Waals surface area contributed by atoms with Crippen LogP contribution in [-0.4, -0.2) is 27.0 Å². The lowest BCUT2D eigenvalue weighted by atomic mass is 10.2. The van der Waals surface area contributed by atoms with Crippen molar-refractivity contribution < 1.29 is 13.6 Å². The molecule has 0 radical (unpaired) electrons. The van der Waals surface area contributed by atoms with Gasteiger partial charge in [0.05, 0.1) is 17.9 Å². The summed E-state index contributed by atoms with van der Waals surface area (Å²) in [6.45, 7) is 2.48. The SMILES string of the molecule is CCOc1ccccc1-c1nnc(SCc2nnc(-c3ccc(Cl)cc3)o2)o1. The van der Waals surface area contributed by atoms with Gasteiger partial charge in [0.2, 0.25) is 11.8 Å². The molecular formula is C19H15ClN4O3S. The fraction of sp³-hybridized carbons (Fsp3) is 0.158. The third kappa shape index (κ3) is 4.18. The van der Waals surface area contributed by atoms with Crippen LogP contribution in [0, 0.1) is 0 Å². The fourth-order valence-corrected chi connectivity index (χ4v) is 3.17. The molecular weight excluding hydrogens is 400 g/mol. The van der Waals surface area contributed by atoms with Crippen molar-refractivity contribution in [3.63, 3.8) is 0 Å². The Morgan fingerprint density at radius 2 is 1.71 bits per heavy atom. The number of hydrogen-bond acceptors (Lipinski definition) is 8. The monoisotopic (exact) mass is 414 g/mol. The Balaban J connectivity index is 1.44. The second-order valence-electron chi connectivity index (χ2n) is 5.60. The zero-order valence-corrected chi connectivity index (χ0v) is 16.4. The quantitative estimate of drug-likeness (QED) is 0.384. The van der Waals surface area contributed by atoms with Crippen molar-refractivity contribution >= 4 is 23.4 Å². The number of nitrogens with zero attached hydrogens (tertiary/aromatic N) is 4. The fourth-order valence-electron chi connectivity index (χ4n) is 2.45. The van der Waals surface area contributed by atoms with Crippen molar-refractivity contribution in [2.24, 2.45) is 0 Å². The van der Waals surface area contributed by atoms with E-state index < -0.39 is 0 Å². The van der Waals surface area contributed by atoms with Crippen molar-refractivity contribution in [2.75, 3.05) is 6.61 Å². The van der Waals surface area contributed by atoms with E-state index in [1.165, 1.54) is 11.8 Å². The Kier molecular flexibility index (Phi) is 5.59. The molecule has 0 amide bonds. The Labute approximate surface area is 170 Å². The molecule has 0 fully saturated rings. The average Bonchev–Trinajstić information content (AvgIpc) is 3.37. The number of rotatable bonds is 7. The highest BCUT2D eigenvalue weighted by molar-refractivity contribution is 7.98. The Morgan fingerprint density at radius 1 is 0.929 bits per heavy atom. The van der Waals surface area contributed by atoms with Crippen LogP contribution in [0.2, 0.25) is 5.02 Å². The molecule has 28 heavy (non-hydrogen) atoms. The van der Waals surface area contributed by atoms with Crippen molar-refractivity contribution in [1.82, 2.24) is 20.4 Å². The van der Waals surface area contributed by atoms with Gasteiger partial charge in [-0.2, -0.15) is 0 Å². The molecule has 0 aliphatic carbocycles. The van der Waals surface area contributed by atoms with Gasteiger partial charge >= 0.3 is 0 Å². The molecule has 0 spiro atoms. The summed E-state index contributed by atoms with van der Waals surface area (Å²) >= 11 is 7.22. The topological polar surface area (TPSA) is 87.1 Å². The summed E-state index contributed by atoms with van der Waals surface area (Å²) in [5, 5.41) is 17.3. The molecule has 2 aromatic heterocycles. The number of aromatic nitrogens is 4. The van der Waals surface area contributed by atoms with Crippen LogP contribution in [0.3, 0.4) is 0 Å². The first-order valence-electron chi connectivity index (χ1n) is 8.49. The highest BCUT2D eigenvalue weighted by Gasteiger charge is 2.15. The average molecular weight is 415 g/mol. The van der Waals surface area contributed by atoms with Crippen molar-refractivity contribution in [1.29, 1.82) is 0 Å². The van der Waals surface area contributed by atoms with E-state index in [4.69, 9.17) is 25.2 Å². The van der Waals surface area contributed by atoms with Gasteiger partial charge in [-0.3, -0.25) is 0 Å². The van der Waals surface area contributed by atoms with Gasteiger partial charge in [-0.15, -0.1) is 20.4 Å². The van der Waals surface area contributed by atoms with E-state index in [1.54, 1.807) is 12.1 Å². The molecule has 4 aromatic rings. The Morgan fingerprint density at radius 3 is 2.54 bits per heavy atom. The van der Waals surface area contributed by atoms with E-state index in [2.05, 4.69) is 20.4 Å². The van der Waals surface area contributed by atoms with Gasteiger partial charge in [-0.25, -0.2) is 0 Å². The first-order valence-corrected chi connectivity index (χ1v) is 9.86. The maximum atomic E-state index is 5.89. The Hall–Kier alpha value is -2.84. The molecule has 7 nitrogen and oxygen atoms in total. The van der Waals surface area contributed by atoms with Gasteiger partial charge in [-0.05, 0) is 43.3 Å². The lowest BCUT2D eigenvalue weighted by Crippen LogP contribution is -1.93. The smallest absolute Gasteiger partial charge is 0.277 e. The standard InChI is InChI=1S/C19H15ClN4O3S/c1-2-25-15-6-4-3-5-14(15)18-23-24-19(27-18)28-11-16-21-22-17(26-16)12-7-9-13(20)10-8-12/h3-10H,2,11H2,1H3. The van der Waals surface area contributed by atoms with Crippen LogP contribution in [0.15, 0.2) is 62.6 Å². The molecule has 0 saturated heterocycles. The van der Waals surface area contributed by atoms with Gasteiger partial charge in [0.15, 0.2) is 0 Å². The van der Waals surface area contributed by atoms with Crippen LogP contribution in [0.5, 0.6) is 5.75 Å². The van der Waals surface area contributed by atoms with E-state index in [9.17, 15) is 0 Å². The summed E-state index contributed by atoms with van der Waals surface area (Å²) in [5.74, 6) is 2.41. The maximum Gasteiger partial charge on any atom is 0.277 e. The molecule has 0 aliphatic heterocycles. The molecule has 9 heteroatoms. The lowest BCUT2D eigenvalue weighted by molar-refractivity contribution is 0.340. The van der Waals surface area contributed by atoms with Crippen LogP contribution in [0.25, 0.3) is 22.9 Å². The number of thioether (sulfide) groups is 1. The maximum absolute atomic E-state index is 5.89. The third-order valence-corrected chi connectivity index (χ3v) is 4.76. The molecule has 0 saturated carbocycles. The normalized spacial score (nSPS) is 10.9. The number of hydrogen-bond donors (Lipinski definition) is 0. The van der Waals surface area contributed by atoms with Gasteiger partial charge in [-0.1, -0.05) is 35.5 Å². The first kappa shape index (κ1) is 18.5. The first-order chi connectivity index (χ1) is 13.7. The van der Waals surface area contributed by atoms with Crippen molar-refractivity contribution in [3.8, 4) is 28.7 Å². The number of halogens is 1. The highest BCUT2D eigenvalue weighted by atomic mass is 35.5. The minimum absolute atomic E-state index is 0.402. The summed E-state index contributed by atoms with van der Waals surface area (Å²) in [6, 6.07) is 14.7. The number of benzene rings is 2. The van der Waals surface area contributed by atoms with Gasteiger partial charge in [0.1, 0.15) is 5.75 Å². The third-order valence-electron chi connectivity index (χ3n) is 3.70. The van der Waals surface area contributed by atoms with Gasteiger partial charge < -0.3 is 13.6 Å². The van der Waals surface area contributed by atoms with Crippen molar-refractivity contribution in [2.45, 2.75) is 17.9 Å². The molecule has 0 atom stereocenters. The van der Waals surface area contributed by atoms with Crippen LogP contribution < -0.4 is 4.74 Å². The molecule has 0 aliphatic rings. The summed E-state index contributed by atoms with van der Waals surface area (Å²) < 4.78 is 17.0. The predicted octanol–water partition coefficient (Wildman–Crippen LogP) is 5.13. The van der Waals surface area contributed by atoms with Gasteiger partial charge in [0.25, 0.3) is 11.1 Å². The Bertz CT molecular complexity index is 1060. The second kappa shape index (κ2) is 8.45. The summed E-state index contributed by atoms with van der Waals surface area (Å²) in [6.07, 6.45) is 0. The molecule has 2 aromatic carbocycles. The highest BCUT2D eigenvalue weighted by Crippen LogP contribution is 2.31. The van der Waals surface area contributed by atoms with E-state index in [0.29, 0.717) is 46.0 Å². The second-order valence-corrected chi connectivity index (χ2v) is 6.96. The van der Waals surface area contributed by atoms with Gasteiger partial charge in [0, 0.05) is 10.6 Å². The van der Waals surface area contributed by atoms with E-state index in [-0.39, 0.29) is 0 Å². The summed E-state index contributed by atoms with van der Waals surface area (Å²) in [4.78, 5) is 0. The summed E-state index contributed by atoms with van der Waals surface area (Å²) in [7, 11) is 0. The predicted molar refractivity (Wildman–Crippen MR) is 105 cm³/mol. The number of ether oxygens (including phenoxy) is 1. The van der Waals surface area contributed by atoms with E-state index in [0.717, 1.165) is 11.1 Å². The van der Waals surface area contributed by atoms with Crippen molar-refractivity contribution in [3.05, 3.63) is 59.4 Å². The largest absolute Gasteiger partial charge is 0.493 e. The van der Waals surface area contributed by atoms with Crippen LogP contribution in [0.4, 0.5) is 0 Å². The molecule has 4 rings (SSSR count). The van der Waals surface area contributed by atoms with Crippen LogP contribution in [-0.2, 0) is 5.75 Å². The number of para-hydroxylation sites is 1. The van der Waals surface area contributed by atoms with Crippen LogP contribution in [0.1, 0.15) is 12.8 Å². The minimum Gasteiger partial charge on any atom is -0.493 e. The van der Waals surface area contributed by atoms with E-state index >= 15 is 0 Å². The zero-order valence-electron chi connectivity index (χ0n) is 14.8. The van der Waals surface area contributed by atoms with Crippen LogP contribution >= 0.6 is 23.4 Å². The molecule has 0 unspecified atom stereocenters. The molecule has 142 valence electrons. The molecule has 2 heterocycles. The molecule has 0 bridgehead atoms. The molecule has 0 N–H and O–H groups in total. The zero-order chi connectivity index (χ0) is 19.3. The van der Waals surface area contributed by atoms with E-state index in [1.807, 2.05) is 43.3 Å². The summed E-state index contributed by atoms with van der Waals surface area (Å²) in [5.41, 5.74) is 1.56. The lowest BCUT2D eigenvalue weighted by Gasteiger charge is -2.05. The minimum atomic E-state index is 0.402.